The summed E-state index contributed by atoms with van der Waals surface area (Å²) in [5, 5.41) is 11.3. The van der Waals surface area contributed by atoms with E-state index in [9.17, 15) is 14.4 Å². The zero-order valence-corrected chi connectivity index (χ0v) is 14.4. The molecule has 0 bridgehead atoms. The summed E-state index contributed by atoms with van der Waals surface area (Å²) in [6, 6.07) is 5.20. The third-order valence-corrected chi connectivity index (χ3v) is 4.40. The maximum absolute atomic E-state index is 12.2. The Morgan fingerprint density at radius 1 is 1.40 bits per heavy atom. The SMILES string of the molecule is Cc1ccc(-c2csnn2)cc1NC(=O)CCN1C(=O)CCNC1=O. The molecule has 1 fully saturated rings. The molecule has 9 heteroatoms. The molecular formula is C16H17N5O3S. The Morgan fingerprint density at radius 2 is 2.24 bits per heavy atom. The number of imide groups is 1. The number of anilines is 1. The first-order valence-electron chi connectivity index (χ1n) is 7.81. The maximum Gasteiger partial charge on any atom is 0.324 e. The molecule has 0 aliphatic carbocycles. The number of hydrogen-bond donors (Lipinski definition) is 2. The van der Waals surface area contributed by atoms with Crippen molar-refractivity contribution in [3.63, 3.8) is 0 Å². The molecule has 0 radical (unpaired) electrons. The van der Waals surface area contributed by atoms with E-state index in [1.165, 1.54) is 11.5 Å². The third kappa shape index (κ3) is 4.00. The maximum atomic E-state index is 12.2. The number of benzene rings is 1. The number of aromatic nitrogens is 2. The summed E-state index contributed by atoms with van der Waals surface area (Å²) in [5.41, 5.74) is 3.19. The fourth-order valence-electron chi connectivity index (χ4n) is 2.48. The second-order valence-electron chi connectivity index (χ2n) is 5.65. The molecule has 1 aromatic heterocycles. The van der Waals surface area contributed by atoms with Crippen LogP contribution < -0.4 is 10.6 Å². The average molecular weight is 359 g/mol. The van der Waals surface area contributed by atoms with Crippen molar-refractivity contribution in [3.8, 4) is 11.3 Å². The highest BCUT2D eigenvalue weighted by molar-refractivity contribution is 7.03. The van der Waals surface area contributed by atoms with Crippen LogP contribution >= 0.6 is 11.5 Å². The molecule has 2 N–H and O–H groups in total. The first-order chi connectivity index (χ1) is 12.0. The molecule has 1 aromatic carbocycles. The van der Waals surface area contributed by atoms with Gasteiger partial charge in [0.15, 0.2) is 0 Å². The number of amides is 4. The van der Waals surface area contributed by atoms with E-state index in [1.54, 1.807) is 0 Å². The quantitative estimate of drug-likeness (QED) is 0.847. The average Bonchev–Trinajstić information content (AvgIpc) is 3.11. The third-order valence-electron chi connectivity index (χ3n) is 3.89. The van der Waals surface area contributed by atoms with Gasteiger partial charge in [-0.05, 0) is 30.1 Å². The molecule has 8 nitrogen and oxygen atoms in total. The van der Waals surface area contributed by atoms with Gasteiger partial charge in [-0.25, -0.2) is 4.79 Å². The van der Waals surface area contributed by atoms with Crippen LogP contribution in [0.15, 0.2) is 23.6 Å². The molecule has 0 unspecified atom stereocenters. The van der Waals surface area contributed by atoms with Crippen LogP contribution in [0.2, 0.25) is 0 Å². The lowest BCUT2D eigenvalue weighted by atomic mass is 10.1. The topological polar surface area (TPSA) is 104 Å². The van der Waals surface area contributed by atoms with Gasteiger partial charge < -0.3 is 10.6 Å². The van der Waals surface area contributed by atoms with E-state index in [2.05, 4.69) is 20.2 Å². The molecule has 2 aromatic rings. The second kappa shape index (κ2) is 7.39. The number of rotatable bonds is 5. The van der Waals surface area contributed by atoms with Crippen LogP contribution in [0.3, 0.4) is 0 Å². The Kier molecular flexibility index (Phi) is 5.03. The Hall–Kier alpha value is -2.81. The summed E-state index contributed by atoms with van der Waals surface area (Å²) < 4.78 is 3.84. The van der Waals surface area contributed by atoms with Crippen molar-refractivity contribution in [2.75, 3.05) is 18.4 Å². The molecule has 130 valence electrons. The van der Waals surface area contributed by atoms with Crippen LogP contribution in [-0.4, -0.2) is 45.4 Å². The highest BCUT2D eigenvalue weighted by Gasteiger charge is 2.25. The minimum Gasteiger partial charge on any atom is -0.337 e. The molecule has 0 atom stereocenters. The fraction of sp³-hybridized carbons (Fsp3) is 0.312. The van der Waals surface area contributed by atoms with Gasteiger partial charge in [-0.1, -0.05) is 16.6 Å². The van der Waals surface area contributed by atoms with Gasteiger partial charge in [0.2, 0.25) is 11.8 Å². The van der Waals surface area contributed by atoms with Crippen LogP contribution in [0.5, 0.6) is 0 Å². The van der Waals surface area contributed by atoms with E-state index in [1.807, 2.05) is 30.5 Å². The lowest BCUT2D eigenvalue weighted by molar-refractivity contribution is -0.129. The monoisotopic (exact) mass is 359 g/mol. The molecule has 3 rings (SSSR count). The van der Waals surface area contributed by atoms with Crippen molar-refractivity contribution in [1.82, 2.24) is 19.8 Å². The number of carbonyl (C=O) groups excluding carboxylic acids is 3. The van der Waals surface area contributed by atoms with Crippen molar-refractivity contribution in [3.05, 3.63) is 29.1 Å². The van der Waals surface area contributed by atoms with Crippen molar-refractivity contribution < 1.29 is 14.4 Å². The van der Waals surface area contributed by atoms with Crippen molar-refractivity contribution >= 4 is 35.1 Å². The molecule has 25 heavy (non-hydrogen) atoms. The van der Waals surface area contributed by atoms with E-state index >= 15 is 0 Å². The summed E-state index contributed by atoms with van der Waals surface area (Å²) in [6.07, 6.45) is 0.303. The number of carbonyl (C=O) groups is 3. The number of nitrogens with one attached hydrogen (secondary N) is 2. The lowest BCUT2D eigenvalue weighted by Crippen LogP contribution is -2.50. The predicted molar refractivity (Wildman–Crippen MR) is 93.1 cm³/mol. The van der Waals surface area contributed by atoms with Crippen LogP contribution in [0.25, 0.3) is 11.3 Å². The smallest absolute Gasteiger partial charge is 0.324 e. The Morgan fingerprint density at radius 3 is 2.96 bits per heavy atom. The summed E-state index contributed by atoms with van der Waals surface area (Å²) in [6.45, 7) is 2.30. The molecular weight excluding hydrogens is 342 g/mol. The number of hydrogen-bond acceptors (Lipinski definition) is 6. The standard InChI is InChI=1S/C16H17N5O3S/c1-10-2-3-11(13-9-25-20-19-13)8-12(10)18-14(22)5-7-21-15(23)4-6-17-16(21)24/h2-3,8-9H,4-7H2,1H3,(H,17,24)(H,18,22). The highest BCUT2D eigenvalue weighted by Crippen LogP contribution is 2.24. The van der Waals surface area contributed by atoms with Gasteiger partial charge in [-0.2, -0.15) is 0 Å². The summed E-state index contributed by atoms with van der Waals surface area (Å²) in [4.78, 5) is 36.7. The van der Waals surface area contributed by atoms with Crippen molar-refractivity contribution in [1.29, 1.82) is 0 Å². The lowest BCUT2D eigenvalue weighted by Gasteiger charge is -2.25. The molecule has 1 aliphatic heterocycles. The van der Waals surface area contributed by atoms with E-state index in [0.717, 1.165) is 21.7 Å². The van der Waals surface area contributed by atoms with Gasteiger partial charge in [0.05, 0.1) is 0 Å². The van der Waals surface area contributed by atoms with Gasteiger partial charge in [-0.15, -0.1) is 5.10 Å². The minimum atomic E-state index is -0.446. The number of aryl methyl sites for hydroxylation is 1. The van der Waals surface area contributed by atoms with Crippen molar-refractivity contribution in [2.24, 2.45) is 0 Å². The summed E-state index contributed by atoms with van der Waals surface area (Å²) in [5.74, 6) is -0.520. The largest absolute Gasteiger partial charge is 0.337 e. The first-order valence-corrected chi connectivity index (χ1v) is 8.64. The fourth-order valence-corrected chi connectivity index (χ4v) is 2.94. The molecule has 2 heterocycles. The molecule has 4 amide bonds. The van der Waals surface area contributed by atoms with Gasteiger partial charge >= 0.3 is 6.03 Å². The molecule has 1 aliphatic rings. The summed E-state index contributed by atoms with van der Waals surface area (Å²) in [7, 11) is 0. The van der Waals surface area contributed by atoms with E-state index in [-0.39, 0.29) is 31.2 Å². The predicted octanol–water partition coefficient (Wildman–Crippen LogP) is 1.78. The number of nitrogens with zero attached hydrogens (tertiary/aromatic N) is 3. The van der Waals surface area contributed by atoms with Crippen LogP contribution in [0.4, 0.5) is 10.5 Å². The Bertz CT molecular complexity index is 790. The number of urea groups is 1. The Labute approximate surface area is 148 Å². The normalized spacial score (nSPS) is 14.4. The molecule has 1 saturated heterocycles. The van der Waals surface area contributed by atoms with E-state index in [4.69, 9.17) is 0 Å². The minimum absolute atomic E-state index is 0.0427. The van der Waals surface area contributed by atoms with Gasteiger partial charge in [0, 0.05) is 42.6 Å². The first kappa shape index (κ1) is 17.0. The van der Waals surface area contributed by atoms with E-state index < -0.39 is 6.03 Å². The second-order valence-corrected chi connectivity index (χ2v) is 6.26. The highest BCUT2D eigenvalue weighted by atomic mass is 32.1. The van der Waals surface area contributed by atoms with E-state index in [0.29, 0.717) is 12.2 Å². The molecule has 0 spiro atoms. The van der Waals surface area contributed by atoms with Gasteiger partial charge in [-0.3, -0.25) is 14.5 Å². The van der Waals surface area contributed by atoms with Crippen LogP contribution in [-0.2, 0) is 9.59 Å². The van der Waals surface area contributed by atoms with Gasteiger partial charge in [0.1, 0.15) is 5.69 Å². The Balaban J connectivity index is 1.64. The van der Waals surface area contributed by atoms with Crippen molar-refractivity contribution in [2.45, 2.75) is 19.8 Å². The zero-order chi connectivity index (χ0) is 17.8. The molecule has 0 saturated carbocycles. The van der Waals surface area contributed by atoms with Crippen LogP contribution in [0.1, 0.15) is 18.4 Å². The summed E-state index contributed by atoms with van der Waals surface area (Å²) >= 11 is 1.26. The van der Waals surface area contributed by atoms with Crippen LogP contribution in [0, 0.1) is 6.92 Å². The zero-order valence-electron chi connectivity index (χ0n) is 13.6. The van der Waals surface area contributed by atoms with Gasteiger partial charge in [0.25, 0.3) is 0 Å².